The van der Waals surface area contributed by atoms with Crippen molar-refractivity contribution in [2.75, 3.05) is 0 Å². The summed E-state index contributed by atoms with van der Waals surface area (Å²) in [6.45, 7) is 10.4. The van der Waals surface area contributed by atoms with Gasteiger partial charge in [-0.2, -0.15) is 13.9 Å². The topological polar surface area (TPSA) is 81.7 Å². The van der Waals surface area contributed by atoms with Crippen LogP contribution in [0.4, 0.5) is 4.79 Å². The zero-order valence-electron chi connectivity index (χ0n) is 13.1. The first-order valence-corrected chi connectivity index (χ1v) is 7.84. The van der Waals surface area contributed by atoms with Crippen molar-refractivity contribution in [3.05, 3.63) is 28.8 Å². The average molecular weight is 315 g/mol. The minimum atomic E-state index is -4.09. The largest absolute Gasteiger partial charge is 0.442 e. The molecule has 0 saturated heterocycles. The molecule has 1 amide bonds. The van der Waals surface area contributed by atoms with E-state index in [4.69, 9.17) is 4.74 Å². The van der Waals surface area contributed by atoms with Gasteiger partial charge in [0.15, 0.2) is 0 Å². The van der Waals surface area contributed by atoms with E-state index in [0.717, 1.165) is 11.1 Å². The van der Waals surface area contributed by atoms with Gasteiger partial charge in [0.1, 0.15) is 5.60 Å². The Hall–Kier alpha value is -1.60. The van der Waals surface area contributed by atoms with E-state index in [9.17, 15) is 13.2 Å². The third-order valence-electron chi connectivity index (χ3n) is 2.91. The monoisotopic (exact) mass is 315 g/mol. The fourth-order valence-electron chi connectivity index (χ4n) is 1.63. The lowest BCUT2D eigenvalue weighted by atomic mass is 10.1. The van der Waals surface area contributed by atoms with Gasteiger partial charge in [0.2, 0.25) is 0 Å². The number of aryl methyl sites for hydroxylation is 1. The number of benzene rings is 1. The minimum Gasteiger partial charge on any atom is -0.442 e. The molecule has 21 heavy (non-hydrogen) atoms. The number of amides is 1. The van der Waals surface area contributed by atoms with Crippen molar-refractivity contribution in [3.63, 3.8) is 0 Å². The van der Waals surface area contributed by atoms with Crippen LogP contribution in [0.3, 0.4) is 0 Å². The predicted octanol–water partition coefficient (Wildman–Crippen LogP) is 2.76. The van der Waals surface area contributed by atoms with Gasteiger partial charge < -0.3 is 4.74 Å². The molecule has 6 nitrogen and oxygen atoms in total. The molecular formula is C14H21NO5S. The molecule has 0 saturated carbocycles. The van der Waals surface area contributed by atoms with Crippen LogP contribution < -0.4 is 5.48 Å². The fraction of sp³-hybridized carbons (Fsp3) is 0.500. The first-order valence-electron chi connectivity index (χ1n) is 6.43. The van der Waals surface area contributed by atoms with Gasteiger partial charge in [-0.1, -0.05) is 6.07 Å². The Morgan fingerprint density at radius 3 is 2.19 bits per heavy atom. The molecule has 1 aromatic rings. The molecule has 0 aromatic heterocycles. The number of nitrogens with one attached hydrogen (secondary N) is 1. The highest BCUT2D eigenvalue weighted by molar-refractivity contribution is 7.86. The Morgan fingerprint density at radius 1 is 1.10 bits per heavy atom. The first-order chi connectivity index (χ1) is 9.44. The van der Waals surface area contributed by atoms with E-state index in [1.807, 2.05) is 13.8 Å². The molecule has 7 heteroatoms. The molecular weight excluding hydrogens is 294 g/mol. The Morgan fingerprint density at radius 2 is 1.67 bits per heavy atom. The standard InChI is InChI=1S/C14H21NO5S/c1-9-7-8-12(11(3)10(9)2)21(17,18)20-15-13(16)19-14(4,5)6/h7-8H,1-6H3,(H,15,16). The molecule has 0 spiro atoms. The van der Waals surface area contributed by atoms with Crippen molar-refractivity contribution >= 4 is 16.2 Å². The lowest BCUT2D eigenvalue weighted by Crippen LogP contribution is -2.34. The third kappa shape index (κ3) is 4.71. The Kier molecular flexibility index (Phi) is 5.01. The Balaban J connectivity index is 2.89. The van der Waals surface area contributed by atoms with Crippen LogP contribution in [0.1, 0.15) is 37.5 Å². The predicted molar refractivity (Wildman–Crippen MR) is 78.3 cm³/mol. The molecule has 0 atom stereocenters. The fourth-order valence-corrected chi connectivity index (χ4v) is 2.67. The molecule has 0 fully saturated rings. The summed E-state index contributed by atoms with van der Waals surface area (Å²) in [5, 5.41) is 0. The molecule has 0 aliphatic heterocycles. The zero-order valence-corrected chi connectivity index (χ0v) is 13.9. The molecule has 1 N–H and O–H groups in total. The van der Waals surface area contributed by atoms with Gasteiger partial charge >= 0.3 is 16.2 Å². The maximum absolute atomic E-state index is 12.1. The summed E-state index contributed by atoms with van der Waals surface area (Å²) in [4.78, 5) is 11.4. The maximum Gasteiger partial charge on any atom is 0.432 e. The van der Waals surface area contributed by atoms with Gasteiger partial charge in [-0.3, -0.25) is 0 Å². The summed E-state index contributed by atoms with van der Waals surface area (Å²) in [5.74, 6) is 0. The van der Waals surface area contributed by atoms with E-state index in [1.54, 1.807) is 39.2 Å². The summed E-state index contributed by atoms with van der Waals surface area (Å²) in [6, 6.07) is 3.13. The Bertz CT molecular complexity index is 644. The van der Waals surface area contributed by atoms with Gasteiger partial charge in [0.05, 0.1) is 4.90 Å². The summed E-state index contributed by atoms with van der Waals surface area (Å²) in [6.07, 6.45) is -0.965. The van der Waals surface area contributed by atoms with E-state index >= 15 is 0 Å². The third-order valence-corrected chi connectivity index (χ3v) is 4.19. The highest BCUT2D eigenvalue weighted by Crippen LogP contribution is 2.22. The summed E-state index contributed by atoms with van der Waals surface area (Å²) >= 11 is 0. The van der Waals surface area contributed by atoms with Crippen molar-refractivity contribution in [1.29, 1.82) is 0 Å². The van der Waals surface area contributed by atoms with Crippen molar-refractivity contribution in [1.82, 2.24) is 5.48 Å². The average Bonchev–Trinajstić information content (AvgIpc) is 2.31. The quantitative estimate of drug-likeness (QED) is 0.867. The number of carbonyl (C=O) groups excluding carboxylic acids is 1. The van der Waals surface area contributed by atoms with Crippen molar-refractivity contribution in [2.24, 2.45) is 0 Å². The number of hydrogen-bond donors (Lipinski definition) is 1. The molecule has 0 heterocycles. The van der Waals surface area contributed by atoms with E-state index in [-0.39, 0.29) is 4.90 Å². The van der Waals surface area contributed by atoms with Crippen LogP contribution >= 0.6 is 0 Å². The maximum atomic E-state index is 12.1. The van der Waals surface area contributed by atoms with Crippen molar-refractivity contribution in [3.8, 4) is 0 Å². The van der Waals surface area contributed by atoms with Crippen molar-refractivity contribution < 1.29 is 22.2 Å². The smallest absolute Gasteiger partial charge is 0.432 e. The van der Waals surface area contributed by atoms with Crippen molar-refractivity contribution in [2.45, 2.75) is 52.0 Å². The van der Waals surface area contributed by atoms with Crippen LogP contribution in [0.25, 0.3) is 0 Å². The summed E-state index contributed by atoms with van der Waals surface area (Å²) < 4.78 is 33.6. The second-order valence-electron chi connectivity index (χ2n) is 5.77. The SMILES string of the molecule is Cc1ccc(S(=O)(=O)ONC(=O)OC(C)(C)C)c(C)c1C. The number of hydrogen-bond acceptors (Lipinski definition) is 5. The minimum absolute atomic E-state index is 0.0154. The molecule has 1 rings (SSSR count). The molecule has 0 radical (unpaired) electrons. The molecule has 0 unspecified atom stereocenters. The zero-order chi connectivity index (χ0) is 16.4. The van der Waals surface area contributed by atoms with Crippen LogP contribution in [0.15, 0.2) is 17.0 Å². The summed E-state index contributed by atoms with van der Waals surface area (Å²) in [7, 11) is -4.09. The molecule has 1 aromatic carbocycles. The van der Waals surface area contributed by atoms with Gasteiger partial charge in [0.25, 0.3) is 0 Å². The lowest BCUT2D eigenvalue weighted by Gasteiger charge is -2.19. The van der Waals surface area contributed by atoms with Crippen LogP contribution in [0.5, 0.6) is 0 Å². The van der Waals surface area contributed by atoms with Crippen LogP contribution in [-0.4, -0.2) is 20.1 Å². The van der Waals surface area contributed by atoms with Crippen LogP contribution in [0, 0.1) is 20.8 Å². The lowest BCUT2D eigenvalue weighted by molar-refractivity contribution is 0.0298. The van der Waals surface area contributed by atoms with Gasteiger partial charge in [0, 0.05) is 0 Å². The van der Waals surface area contributed by atoms with E-state index in [2.05, 4.69) is 4.28 Å². The molecule has 0 aliphatic carbocycles. The van der Waals surface area contributed by atoms with E-state index < -0.39 is 21.8 Å². The highest BCUT2D eigenvalue weighted by Gasteiger charge is 2.23. The Labute approximate surface area is 125 Å². The van der Waals surface area contributed by atoms with Gasteiger partial charge in [-0.25, -0.2) is 4.79 Å². The second-order valence-corrected chi connectivity index (χ2v) is 7.29. The van der Waals surface area contributed by atoms with E-state index in [0.29, 0.717) is 5.56 Å². The van der Waals surface area contributed by atoms with E-state index in [1.165, 1.54) is 6.07 Å². The number of hydroxylamine groups is 1. The molecule has 118 valence electrons. The van der Waals surface area contributed by atoms with Gasteiger partial charge in [-0.05, 0) is 64.3 Å². The second kappa shape index (κ2) is 6.03. The molecule has 0 bridgehead atoms. The van der Waals surface area contributed by atoms with Crippen LogP contribution in [-0.2, 0) is 19.1 Å². The van der Waals surface area contributed by atoms with Gasteiger partial charge in [-0.15, -0.1) is 4.28 Å². The number of rotatable bonds is 3. The normalized spacial score (nSPS) is 12.1. The first kappa shape index (κ1) is 17.5. The molecule has 0 aliphatic rings. The van der Waals surface area contributed by atoms with Crippen LogP contribution in [0.2, 0.25) is 0 Å². The summed E-state index contributed by atoms with van der Waals surface area (Å²) in [5.41, 5.74) is 3.47. The number of ether oxygens (including phenoxy) is 1. The highest BCUT2D eigenvalue weighted by atomic mass is 32.2. The number of carbonyl (C=O) groups is 1.